The molecule has 13 heavy (non-hydrogen) atoms. The molecule has 0 bridgehead atoms. The maximum absolute atomic E-state index is 8.00. The molecule has 0 saturated carbocycles. The van der Waals surface area contributed by atoms with E-state index in [4.69, 9.17) is 27.5 Å². The van der Waals surface area contributed by atoms with E-state index in [1.165, 1.54) is 14.1 Å². The average molecular weight is 228 g/mol. The van der Waals surface area contributed by atoms with Crippen molar-refractivity contribution in [2.75, 3.05) is 14.1 Å². The van der Waals surface area contributed by atoms with Crippen LogP contribution >= 0.6 is 0 Å². The zero-order valence-electron chi connectivity index (χ0n) is 7.59. The van der Waals surface area contributed by atoms with E-state index in [1.54, 1.807) is 0 Å². The Kier molecular flexibility index (Phi) is 11800. The van der Waals surface area contributed by atoms with Crippen LogP contribution in [0.5, 0.6) is 0 Å². The fourth-order valence-corrected chi connectivity index (χ4v) is 0. The van der Waals surface area contributed by atoms with Gasteiger partial charge in [-0.3, -0.25) is 0 Å². The van der Waals surface area contributed by atoms with Gasteiger partial charge in [0.2, 0.25) is 14.1 Å². The van der Waals surface area contributed by atoms with Crippen molar-refractivity contribution in [1.82, 2.24) is 0 Å². The SMILES string of the molecule is C=O.C=O.C=O.[C-]#[N+]C.[C-]#[N+]C.[Fe]. The molecule has 0 aliphatic rings. The molecule has 5 nitrogen and oxygen atoms in total. The summed E-state index contributed by atoms with van der Waals surface area (Å²) in [5.41, 5.74) is 0. The minimum atomic E-state index is 0. The van der Waals surface area contributed by atoms with Gasteiger partial charge in [0.1, 0.15) is 20.4 Å². The maximum Gasteiger partial charge on any atom is 0.205 e. The van der Waals surface area contributed by atoms with Crippen LogP contribution in [0.2, 0.25) is 0 Å². The smallest absolute Gasteiger partial charge is 0.205 e. The number of rotatable bonds is 0. The molecule has 0 rings (SSSR count). The molecule has 0 aromatic carbocycles. The number of carbonyl (C=O) groups excluding carboxylic acids is 3. The van der Waals surface area contributed by atoms with Crippen LogP contribution < -0.4 is 0 Å². The summed E-state index contributed by atoms with van der Waals surface area (Å²) in [4.78, 5) is 29.5. The van der Waals surface area contributed by atoms with Crippen LogP contribution in [0.3, 0.4) is 0 Å². The largest absolute Gasteiger partial charge is 0.320 e. The quantitative estimate of drug-likeness (QED) is 0.448. The Morgan fingerprint density at radius 2 is 0.769 bits per heavy atom. The van der Waals surface area contributed by atoms with Crippen molar-refractivity contribution >= 4 is 20.4 Å². The van der Waals surface area contributed by atoms with Gasteiger partial charge in [0.05, 0.1) is 0 Å². The van der Waals surface area contributed by atoms with Crippen molar-refractivity contribution in [3.8, 4) is 0 Å². The summed E-state index contributed by atoms with van der Waals surface area (Å²) in [6, 6.07) is 0. The van der Waals surface area contributed by atoms with Gasteiger partial charge in [-0.1, -0.05) is 0 Å². The standard InChI is InChI=1S/2C2H3N.3CH2O.Fe/c2*1-3-2;3*1-2;/h2*1H3;3*1H2;. The molecule has 0 atom stereocenters. The van der Waals surface area contributed by atoms with Gasteiger partial charge in [0.15, 0.2) is 0 Å². The Morgan fingerprint density at radius 3 is 0.769 bits per heavy atom. The molecule has 6 heteroatoms. The second-order valence-electron chi connectivity index (χ2n) is 0.447. The van der Waals surface area contributed by atoms with E-state index in [0.29, 0.717) is 0 Å². The Balaban J connectivity index is -0.0000000118. The van der Waals surface area contributed by atoms with Crippen molar-refractivity contribution in [1.29, 1.82) is 0 Å². The van der Waals surface area contributed by atoms with Crippen LogP contribution in [0.1, 0.15) is 0 Å². The van der Waals surface area contributed by atoms with E-state index >= 15 is 0 Å². The summed E-state index contributed by atoms with van der Waals surface area (Å²) < 4.78 is 0. The Morgan fingerprint density at radius 1 is 0.769 bits per heavy atom. The molecule has 0 aromatic rings. The Labute approximate surface area is 89.2 Å². The van der Waals surface area contributed by atoms with E-state index < -0.39 is 0 Å². The van der Waals surface area contributed by atoms with Gasteiger partial charge in [0.25, 0.3) is 0 Å². The van der Waals surface area contributed by atoms with Gasteiger partial charge in [-0.25, -0.2) is 13.1 Å². The van der Waals surface area contributed by atoms with Gasteiger partial charge in [0, 0.05) is 17.1 Å². The molecule has 0 radical (unpaired) electrons. The summed E-state index contributed by atoms with van der Waals surface area (Å²) in [6.45, 7) is 17.7. The van der Waals surface area contributed by atoms with Crippen LogP contribution in [0, 0.1) is 13.1 Å². The zero-order valence-corrected chi connectivity index (χ0v) is 8.70. The minimum Gasteiger partial charge on any atom is -0.320 e. The molecule has 0 aliphatic carbocycles. The second-order valence-corrected chi connectivity index (χ2v) is 0.447. The van der Waals surface area contributed by atoms with Crippen molar-refractivity contribution in [2.45, 2.75) is 0 Å². The van der Waals surface area contributed by atoms with Gasteiger partial charge in [-0.15, -0.1) is 0 Å². The third kappa shape index (κ3) is 343. The molecule has 0 aliphatic heterocycles. The van der Waals surface area contributed by atoms with Gasteiger partial charge in [-0.05, 0) is 0 Å². The minimum absolute atomic E-state index is 0. The predicted octanol–water partition coefficient (Wildman–Crippen LogP) is 0.514. The molecule has 76 valence electrons. The fourth-order valence-electron chi connectivity index (χ4n) is 0. The van der Waals surface area contributed by atoms with Gasteiger partial charge < -0.3 is 24.1 Å². The third-order valence-electron chi connectivity index (χ3n) is 0. The van der Waals surface area contributed by atoms with Crippen molar-refractivity contribution in [3.05, 3.63) is 22.8 Å². The first-order valence-corrected chi connectivity index (χ1v) is 2.21. The van der Waals surface area contributed by atoms with E-state index in [-0.39, 0.29) is 17.1 Å². The molecule has 0 aromatic heterocycles. The molecule has 0 N–H and O–H groups in total. The Hall–Kier alpha value is -1.49. The van der Waals surface area contributed by atoms with Crippen LogP contribution in [-0.2, 0) is 31.5 Å². The summed E-state index contributed by atoms with van der Waals surface area (Å²) in [5.74, 6) is 0. The molecule has 0 saturated heterocycles. The maximum atomic E-state index is 8.00. The van der Waals surface area contributed by atoms with E-state index in [1.807, 2.05) is 20.4 Å². The van der Waals surface area contributed by atoms with Gasteiger partial charge >= 0.3 is 0 Å². The molecule has 0 unspecified atom stereocenters. The first-order valence-electron chi connectivity index (χ1n) is 2.21. The summed E-state index contributed by atoms with van der Waals surface area (Å²) >= 11 is 0. The van der Waals surface area contributed by atoms with Crippen molar-refractivity contribution in [3.63, 3.8) is 0 Å². The molecular weight excluding hydrogens is 216 g/mol. The van der Waals surface area contributed by atoms with Gasteiger partial charge in [-0.2, -0.15) is 0 Å². The number of nitrogens with zero attached hydrogens (tertiary/aromatic N) is 2. The molecule has 0 spiro atoms. The third-order valence-corrected chi connectivity index (χ3v) is 0. The average Bonchev–Trinajstić information content (AvgIpc) is 2.16. The zero-order chi connectivity index (χ0) is 11.4. The summed E-state index contributed by atoms with van der Waals surface area (Å²) in [7, 11) is 2.83. The fraction of sp³-hybridized carbons (Fsp3) is 0.286. The topological polar surface area (TPSA) is 59.9 Å². The molecule has 0 fully saturated rings. The molecule has 0 heterocycles. The van der Waals surface area contributed by atoms with E-state index in [9.17, 15) is 0 Å². The monoisotopic (exact) mass is 228 g/mol. The first kappa shape index (κ1) is 41.9. The summed E-state index contributed by atoms with van der Waals surface area (Å²) in [5, 5.41) is 0. The Bertz CT molecular complexity index is 103. The van der Waals surface area contributed by atoms with Crippen molar-refractivity contribution < 1.29 is 31.5 Å². The number of hydrogen-bond donors (Lipinski definition) is 0. The van der Waals surface area contributed by atoms with Crippen LogP contribution in [0.15, 0.2) is 0 Å². The first-order chi connectivity index (χ1) is 5.83. The molecule has 0 amide bonds. The van der Waals surface area contributed by atoms with Crippen LogP contribution in [0.4, 0.5) is 0 Å². The van der Waals surface area contributed by atoms with Crippen LogP contribution in [0.25, 0.3) is 9.69 Å². The number of hydrogen-bond acceptors (Lipinski definition) is 3. The van der Waals surface area contributed by atoms with Crippen molar-refractivity contribution in [2.24, 2.45) is 0 Å². The molecular formula is C7H12FeN2O3. The normalized spacial score (nSPS) is 2.15. The number of carbonyl (C=O) groups is 3. The van der Waals surface area contributed by atoms with Crippen LogP contribution in [-0.4, -0.2) is 34.5 Å². The second kappa shape index (κ2) is 3660. The predicted molar refractivity (Wildman–Crippen MR) is 46.4 cm³/mol. The van der Waals surface area contributed by atoms with E-state index in [0.717, 1.165) is 0 Å². The van der Waals surface area contributed by atoms with E-state index in [2.05, 4.69) is 9.69 Å². The summed E-state index contributed by atoms with van der Waals surface area (Å²) in [6.07, 6.45) is 0.